The molecule has 0 fully saturated rings. The lowest BCUT2D eigenvalue weighted by atomic mass is 10.2. The van der Waals surface area contributed by atoms with E-state index in [1.54, 1.807) is 0 Å². The number of aromatic nitrogens is 3. The molecular weight excluding hydrogens is 601 g/mol. The van der Waals surface area contributed by atoms with Crippen molar-refractivity contribution >= 4 is 26.6 Å². The molecule has 22 heteroatoms. The minimum atomic E-state index is -5.45. The molecule has 40 heavy (non-hydrogen) atoms. The van der Waals surface area contributed by atoms with Crippen LogP contribution in [0, 0.1) is 0 Å². The van der Waals surface area contributed by atoms with Crippen LogP contribution >= 0.6 is 15.6 Å². The molecule has 2 unspecified atom stereocenters. The first kappa shape index (κ1) is 31.6. The number of aliphatic hydroxyl groups is 2. The number of hydrogen-bond donors (Lipinski definition) is 5. The van der Waals surface area contributed by atoms with Gasteiger partial charge in [-0.25, -0.2) is 13.9 Å². The number of ether oxygens (including phenoxy) is 2. The molecule has 222 valence electrons. The van der Waals surface area contributed by atoms with Crippen LogP contribution in [0.1, 0.15) is 19.0 Å². The number of nitrogens with zero attached hydrogens (tertiary/aromatic N) is 3. The highest BCUT2D eigenvalue weighted by Gasteiger charge is 2.35. The van der Waals surface area contributed by atoms with Crippen LogP contribution in [0.25, 0.3) is 11.0 Å². The maximum atomic E-state index is 12.9. The van der Waals surface area contributed by atoms with Gasteiger partial charge < -0.3 is 38.9 Å². The molecule has 0 aliphatic carbocycles. The van der Waals surface area contributed by atoms with E-state index in [-0.39, 0.29) is 16.7 Å². The largest absolute Gasteiger partial charge is 0.573 e. The summed E-state index contributed by atoms with van der Waals surface area (Å²) in [6, 6.07) is 3.82. The molecular formula is C18H20F3N3O14P2. The lowest BCUT2D eigenvalue weighted by molar-refractivity contribution is -0.274. The molecule has 17 nitrogen and oxygen atoms in total. The molecule has 0 aliphatic rings. The molecule has 0 aliphatic heterocycles. The molecule has 2 heterocycles. The smallest absolute Gasteiger partial charge is 0.406 e. The van der Waals surface area contributed by atoms with Gasteiger partial charge in [0.25, 0.3) is 5.56 Å². The second-order valence-corrected chi connectivity index (χ2v) is 10.7. The van der Waals surface area contributed by atoms with Crippen molar-refractivity contribution in [3.05, 3.63) is 57.0 Å². The van der Waals surface area contributed by atoms with Crippen LogP contribution in [0.2, 0.25) is 0 Å². The van der Waals surface area contributed by atoms with Gasteiger partial charge in [-0.05, 0) is 19.1 Å². The van der Waals surface area contributed by atoms with Crippen molar-refractivity contribution in [3.63, 3.8) is 0 Å². The fourth-order valence-electron chi connectivity index (χ4n) is 3.12. The normalized spacial score (nSPS) is 16.4. The minimum Gasteiger partial charge on any atom is -0.406 e. The van der Waals surface area contributed by atoms with Gasteiger partial charge in [-0.1, -0.05) is 5.16 Å². The lowest BCUT2D eigenvalue weighted by Crippen LogP contribution is -2.43. The zero-order valence-corrected chi connectivity index (χ0v) is 21.6. The van der Waals surface area contributed by atoms with Crippen LogP contribution in [0.5, 0.6) is 5.75 Å². The van der Waals surface area contributed by atoms with Gasteiger partial charge in [0, 0.05) is 23.7 Å². The summed E-state index contributed by atoms with van der Waals surface area (Å²) in [6.45, 7) is -0.562. The van der Waals surface area contributed by atoms with Crippen molar-refractivity contribution < 1.29 is 70.0 Å². The number of aliphatic hydroxyl groups excluding tert-OH is 2. The average Bonchev–Trinajstić information content (AvgIpc) is 3.18. The fraction of sp³-hybridized carbons (Fsp3) is 0.389. The van der Waals surface area contributed by atoms with Gasteiger partial charge in [-0.15, -0.1) is 13.2 Å². The molecule has 0 amide bonds. The summed E-state index contributed by atoms with van der Waals surface area (Å²) in [5, 5.41) is 24.0. The van der Waals surface area contributed by atoms with Crippen molar-refractivity contribution in [2.24, 2.45) is 0 Å². The number of fused-ring (bicyclic) bond motifs is 1. The van der Waals surface area contributed by atoms with Crippen LogP contribution in [0.4, 0.5) is 13.2 Å². The van der Waals surface area contributed by atoms with E-state index in [2.05, 4.69) is 18.7 Å². The van der Waals surface area contributed by atoms with E-state index in [0.29, 0.717) is 9.13 Å². The number of alkyl halides is 3. The van der Waals surface area contributed by atoms with Gasteiger partial charge >= 0.3 is 27.7 Å². The molecule has 0 radical (unpaired) electrons. The molecule has 4 atom stereocenters. The number of halogens is 3. The van der Waals surface area contributed by atoms with E-state index in [1.165, 1.54) is 0 Å². The fourth-order valence-corrected chi connectivity index (χ4v) is 4.72. The van der Waals surface area contributed by atoms with E-state index in [0.717, 1.165) is 37.4 Å². The van der Waals surface area contributed by atoms with Gasteiger partial charge in [0.15, 0.2) is 5.58 Å². The van der Waals surface area contributed by atoms with E-state index in [9.17, 15) is 47.0 Å². The number of hydrogen-bond acceptors (Lipinski definition) is 12. The van der Waals surface area contributed by atoms with E-state index < -0.39 is 70.8 Å². The van der Waals surface area contributed by atoms with Gasteiger partial charge in [-0.2, -0.15) is 4.31 Å². The van der Waals surface area contributed by atoms with Crippen LogP contribution in [-0.4, -0.2) is 64.4 Å². The molecule has 3 rings (SSSR count). The summed E-state index contributed by atoms with van der Waals surface area (Å²) >= 11 is 0. The second kappa shape index (κ2) is 11.9. The van der Waals surface area contributed by atoms with Crippen LogP contribution in [0.3, 0.4) is 0 Å². The number of rotatable bonds is 12. The van der Waals surface area contributed by atoms with E-state index in [4.69, 9.17) is 19.0 Å². The van der Waals surface area contributed by atoms with E-state index in [1.807, 2.05) is 0 Å². The van der Waals surface area contributed by atoms with Crippen molar-refractivity contribution in [1.82, 2.24) is 14.3 Å². The summed E-state index contributed by atoms with van der Waals surface area (Å²) in [7, 11) is -10.8. The quantitative estimate of drug-likeness (QED) is 0.137. The molecule has 0 spiro atoms. The highest BCUT2D eigenvalue weighted by Crippen LogP contribution is 2.57. The van der Waals surface area contributed by atoms with Crippen molar-refractivity contribution in [2.45, 2.75) is 38.5 Å². The van der Waals surface area contributed by atoms with Gasteiger partial charge in [-0.3, -0.25) is 18.5 Å². The molecule has 0 saturated carbocycles. The van der Waals surface area contributed by atoms with Crippen molar-refractivity contribution in [1.29, 1.82) is 0 Å². The zero-order valence-electron chi connectivity index (χ0n) is 19.8. The topological polar surface area (TPSA) is 242 Å². The predicted octanol–water partition coefficient (Wildman–Crippen LogP) is 0.539. The predicted molar refractivity (Wildman–Crippen MR) is 121 cm³/mol. The van der Waals surface area contributed by atoms with Crippen LogP contribution in [-0.2, 0) is 29.2 Å². The van der Waals surface area contributed by atoms with Crippen molar-refractivity contribution in [2.75, 3.05) is 6.61 Å². The minimum absolute atomic E-state index is 0.0556. The zero-order chi connectivity index (χ0) is 30.0. The second-order valence-electron chi connectivity index (χ2n) is 7.84. The first-order valence-corrected chi connectivity index (χ1v) is 13.6. The molecule has 1 aromatic carbocycles. The molecule has 0 saturated heterocycles. The first-order valence-electron chi connectivity index (χ1n) is 10.6. The Kier molecular flexibility index (Phi) is 9.42. The third-order valence-electron chi connectivity index (χ3n) is 4.84. The number of phosphoric ester groups is 1. The third-order valence-corrected chi connectivity index (χ3v) is 6.99. The molecule has 5 N–H and O–H groups in total. The SMILES string of the molecule is C[C@@H](O)[C@@H](COP(=O)(O)OP(=O)(O)O)OC(O)n1ccc(=O)n(Cc2noc3cc(OC(F)(F)F)ccc23)c1=O. The van der Waals surface area contributed by atoms with Gasteiger partial charge in [0.05, 0.1) is 19.3 Å². The molecule has 0 bridgehead atoms. The monoisotopic (exact) mass is 621 g/mol. The standard InChI is InChI=1S/C18H20F3N3O14P2/c1-9(25)14(8-34-40(32,33)38-39(29,30)31)35-17(28)23-5-4-15(26)24(16(23)27)7-12-11-3-2-10(36-18(19,20)21)6-13(11)37-22-12/h2-6,9,14,17,25,28H,7-8H2,1H3,(H,32,33)(H2,29,30,31)/t9-,14-,17?/m1/s1. The summed E-state index contributed by atoms with van der Waals surface area (Å²) in [4.78, 5) is 51.9. The number of phosphoric acid groups is 2. The average molecular weight is 621 g/mol. The molecule has 2 aromatic heterocycles. The van der Waals surface area contributed by atoms with Crippen LogP contribution < -0.4 is 16.0 Å². The van der Waals surface area contributed by atoms with E-state index >= 15 is 0 Å². The van der Waals surface area contributed by atoms with Crippen LogP contribution in [0.15, 0.2) is 44.6 Å². The summed E-state index contributed by atoms with van der Waals surface area (Å²) in [5.74, 6) is -0.607. The van der Waals surface area contributed by atoms with Gasteiger partial charge in [0.1, 0.15) is 17.5 Å². The Morgan fingerprint density at radius 2 is 1.80 bits per heavy atom. The van der Waals surface area contributed by atoms with Gasteiger partial charge in [0.2, 0.25) is 6.41 Å². The summed E-state index contributed by atoms with van der Waals surface area (Å²) < 4.78 is 82.5. The Morgan fingerprint density at radius 1 is 1.12 bits per heavy atom. The van der Waals surface area contributed by atoms with Crippen molar-refractivity contribution in [3.8, 4) is 5.75 Å². The Balaban J connectivity index is 1.81. The Morgan fingerprint density at radius 3 is 2.40 bits per heavy atom. The Hall–Kier alpha value is -2.90. The third kappa shape index (κ3) is 8.55. The highest BCUT2D eigenvalue weighted by atomic mass is 31.3. The number of benzene rings is 1. The maximum Gasteiger partial charge on any atom is 0.573 e. The Bertz CT molecular complexity index is 1560. The Labute approximate surface area is 219 Å². The summed E-state index contributed by atoms with van der Waals surface area (Å²) in [6.07, 6.45) is -9.65. The highest BCUT2D eigenvalue weighted by molar-refractivity contribution is 7.60. The lowest BCUT2D eigenvalue weighted by Gasteiger charge is -2.25. The maximum absolute atomic E-state index is 12.9. The summed E-state index contributed by atoms with van der Waals surface area (Å²) in [5.41, 5.74) is -2.31. The molecule has 3 aromatic rings. The first-order chi connectivity index (χ1) is 18.3.